The molecular weight excluding hydrogens is 324 g/mol. The van der Waals surface area contributed by atoms with Gasteiger partial charge < -0.3 is 0 Å². The van der Waals surface area contributed by atoms with Crippen molar-refractivity contribution >= 4 is 17.2 Å². The summed E-state index contributed by atoms with van der Waals surface area (Å²) in [6, 6.07) is 27.4. The predicted octanol–water partition coefficient (Wildman–Crippen LogP) is 5.83. The van der Waals surface area contributed by atoms with Crippen LogP contribution in [0.15, 0.2) is 91.0 Å². The minimum absolute atomic E-state index is 0.703. The molecule has 0 saturated heterocycles. The molecule has 0 atom stereocenters. The van der Waals surface area contributed by atoms with Gasteiger partial charge in [0.15, 0.2) is 0 Å². The third-order valence-corrected chi connectivity index (χ3v) is 3.73. The topological polar surface area (TPSA) is 0 Å². The second-order valence-corrected chi connectivity index (χ2v) is 5.75. The van der Waals surface area contributed by atoms with E-state index in [1.54, 1.807) is 0 Å². The number of rotatable bonds is 1. The summed E-state index contributed by atoms with van der Waals surface area (Å²) < 4.78 is 0. The Morgan fingerprint density at radius 2 is 1.24 bits per heavy atom. The Kier molecular flexibility index (Phi) is 5.73. The fourth-order valence-electron chi connectivity index (χ4n) is 2.20. The Hall–Kier alpha value is -3.19. The Morgan fingerprint density at radius 3 is 1.84 bits per heavy atom. The van der Waals surface area contributed by atoms with E-state index in [9.17, 15) is 0 Å². The molecule has 0 radical (unpaired) electrons. The molecule has 3 rings (SSSR count). The highest BCUT2D eigenvalue weighted by Crippen LogP contribution is 2.17. The summed E-state index contributed by atoms with van der Waals surface area (Å²) in [4.78, 5) is 0. The van der Waals surface area contributed by atoms with Crippen LogP contribution in [0.25, 0.3) is 5.57 Å². The summed E-state index contributed by atoms with van der Waals surface area (Å²) in [5.41, 5.74) is 3.81. The fraction of sp³-hybridized carbons (Fsp3) is 0. The van der Waals surface area contributed by atoms with Crippen LogP contribution in [0.2, 0.25) is 5.02 Å². The van der Waals surface area contributed by atoms with E-state index in [-0.39, 0.29) is 0 Å². The molecule has 25 heavy (non-hydrogen) atoms. The monoisotopic (exact) mass is 338 g/mol. The van der Waals surface area contributed by atoms with Gasteiger partial charge in [-0.2, -0.15) is 0 Å². The van der Waals surface area contributed by atoms with E-state index in [1.165, 1.54) is 0 Å². The molecule has 0 heterocycles. The average molecular weight is 339 g/mol. The first kappa shape index (κ1) is 16.7. The highest BCUT2D eigenvalue weighted by Gasteiger charge is 1.98. The number of hydrogen-bond donors (Lipinski definition) is 0. The van der Waals surface area contributed by atoms with Gasteiger partial charge in [-0.1, -0.05) is 83.8 Å². The standard InChI is InChI=1S/C24H15Cl/c25-24-18-16-23(17-19-24)22(15-14-21-10-5-2-6-11-21)13-7-12-20-8-3-1-4-9-20/h1-6,8-11,13,16-19H/b22-13+. The van der Waals surface area contributed by atoms with Gasteiger partial charge in [-0.05, 0) is 42.0 Å². The fourth-order valence-corrected chi connectivity index (χ4v) is 2.32. The van der Waals surface area contributed by atoms with E-state index in [0.29, 0.717) is 5.02 Å². The van der Waals surface area contributed by atoms with Crippen molar-refractivity contribution in [3.63, 3.8) is 0 Å². The molecule has 3 aromatic rings. The van der Waals surface area contributed by atoms with Gasteiger partial charge >= 0.3 is 0 Å². The maximum Gasteiger partial charge on any atom is 0.0406 e. The third kappa shape index (κ3) is 5.15. The zero-order valence-electron chi connectivity index (χ0n) is 13.5. The minimum Gasteiger partial charge on any atom is -0.0843 e. The molecular formula is C24H15Cl. The summed E-state index contributed by atoms with van der Waals surface area (Å²) >= 11 is 5.99. The van der Waals surface area contributed by atoms with E-state index in [2.05, 4.69) is 23.7 Å². The average Bonchev–Trinajstić information content (AvgIpc) is 2.67. The smallest absolute Gasteiger partial charge is 0.0406 e. The maximum absolute atomic E-state index is 5.99. The molecule has 0 spiro atoms. The van der Waals surface area contributed by atoms with Crippen molar-refractivity contribution in [2.45, 2.75) is 0 Å². The van der Waals surface area contributed by atoms with Crippen molar-refractivity contribution in [2.24, 2.45) is 0 Å². The van der Waals surface area contributed by atoms with Gasteiger partial charge in [0, 0.05) is 27.8 Å². The molecule has 0 N–H and O–H groups in total. The molecule has 118 valence electrons. The summed E-state index contributed by atoms with van der Waals surface area (Å²) in [6.07, 6.45) is 1.85. The summed E-state index contributed by atoms with van der Waals surface area (Å²) in [7, 11) is 0. The Morgan fingerprint density at radius 1 is 0.680 bits per heavy atom. The van der Waals surface area contributed by atoms with Crippen LogP contribution in [-0.2, 0) is 0 Å². The Bertz CT molecular complexity index is 974. The number of allylic oxidation sites excluding steroid dienone is 2. The first-order valence-electron chi connectivity index (χ1n) is 7.91. The Labute approximate surface area is 153 Å². The molecule has 1 heteroatoms. The number of benzene rings is 3. The van der Waals surface area contributed by atoms with Gasteiger partial charge in [-0.25, -0.2) is 0 Å². The van der Waals surface area contributed by atoms with E-state index in [0.717, 1.165) is 22.3 Å². The lowest BCUT2D eigenvalue weighted by molar-refractivity contribution is 1.62. The lowest BCUT2D eigenvalue weighted by Crippen LogP contribution is -1.82. The zero-order chi connectivity index (χ0) is 17.3. The van der Waals surface area contributed by atoms with Crippen molar-refractivity contribution in [1.29, 1.82) is 0 Å². The van der Waals surface area contributed by atoms with E-state index in [4.69, 9.17) is 11.6 Å². The lowest BCUT2D eigenvalue weighted by atomic mass is 10.1. The molecule has 0 nitrogen and oxygen atoms in total. The molecule has 3 aromatic carbocycles. The van der Waals surface area contributed by atoms with E-state index < -0.39 is 0 Å². The maximum atomic E-state index is 5.99. The van der Waals surface area contributed by atoms with Gasteiger partial charge in [0.2, 0.25) is 0 Å². The number of hydrogen-bond acceptors (Lipinski definition) is 0. The van der Waals surface area contributed by atoms with Crippen LogP contribution in [0.4, 0.5) is 0 Å². The zero-order valence-corrected chi connectivity index (χ0v) is 14.3. The van der Waals surface area contributed by atoms with Crippen LogP contribution in [0.3, 0.4) is 0 Å². The molecule has 0 amide bonds. The van der Waals surface area contributed by atoms with Crippen molar-refractivity contribution < 1.29 is 0 Å². The largest absolute Gasteiger partial charge is 0.0843 e. The molecule has 0 aromatic heterocycles. The van der Waals surface area contributed by atoms with Gasteiger partial charge in [-0.3, -0.25) is 0 Å². The summed E-state index contributed by atoms with van der Waals surface area (Å²) in [5.74, 6) is 12.6. The third-order valence-electron chi connectivity index (χ3n) is 3.48. The van der Waals surface area contributed by atoms with Crippen LogP contribution in [0.1, 0.15) is 16.7 Å². The molecule has 0 saturated carbocycles. The highest BCUT2D eigenvalue weighted by molar-refractivity contribution is 6.30. The van der Waals surface area contributed by atoms with Crippen LogP contribution in [-0.4, -0.2) is 0 Å². The van der Waals surface area contributed by atoms with Gasteiger partial charge in [-0.15, -0.1) is 0 Å². The van der Waals surface area contributed by atoms with Crippen LogP contribution < -0.4 is 0 Å². The molecule has 0 aliphatic heterocycles. The van der Waals surface area contributed by atoms with Gasteiger partial charge in [0.25, 0.3) is 0 Å². The van der Waals surface area contributed by atoms with Gasteiger partial charge in [0.05, 0.1) is 0 Å². The molecule has 0 fully saturated rings. The van der Waals surface area contributed by atoms with E-state index in [1.807, 2.05) is 91.0 Å². The quantitative estimate of drug-likeness (QED) is 0.490. The summed E-state index contributed by atoms with van der Waals surface area (Å²) in [6.45, 7) is 0. The van der Waals surface area contributed by atoms with Crippen molar-refractivity contribution in [3.8, 4) is 23.7 Å². The van der Waals surface area contributed by atoms with Gasteiger partial charge in [0.1, 0.15) is 0 Å². The molecule has 0 aliphatic rings. The number of halogens is 1. The highest BCUT2D eigenvalue weighted by atomic mass is 35.5. The normalized spacial score (nSPS) is 10.2. The summed E-state index contributed by atoms with van der Waals surface area (Å²) in [5, 5.41) is 0.703. The molecule has 0 aliphatic carbocycles. The molecule has 0 bridgehead atoms. The first-order chi connectivity index (χ1) is 12.3. The van der Waals surface area contributed by atoms with Crippen molar-refractivity contribution in [2.75, 3.05) is 0 Å². The molecule has 0 unspecified atom stereocenters. The SMILES string of the molecule is Clc1ccc(/C(C#Cc2ccccc2)=C/C#Cc2ccccc2)cc1. The second kappa shape index (κ2) is 8.60. The van der Waals surface area contributed by atoms with Crippen LogP contribution in [0.5, 0.6) is 0 Å². The van der Waals surface area contributed by atoms with E-state index >= 15 is 0 Å². The first-order valence-corrected chi connectivity index (χ1v) is 8.29. The Balaban J connectivity index is 1.95. The minimum atomic E-state index is 0.703. The second-order valence-electron chi connectivity index (χ2n) is 5.32. The van der Waals surface area contributed by atoms with Crippen molar-refractivity contribution in [3.05, 3.63) is 113 Å². The van der Waals surface area contributed by atoms with Crippen molar-refractivity contribution in [1.82, 2.24) is 0 Å². The van der Waals surface area contributed by atoms with Crippen LogP contribution >= 0.6 is 11.6 Å². The lowest BCUT2D eigenvalue weighted by Gasteiger charge is -1.99. The van der Waals surface area contributed by atoms with Crippen LogP contribution in [0, 0.1) is 23.7 Å². The predicted molar refractivity (Wildman–Crippen MR) is 106 cm³/mol.